The van der Waals surface area contributed by atoms with Crippen molar-refractivity contribution in [1.29, 1.82) is 0 Å². The van der Waals surface area contributed by atoms with Crippen molar-refractivity contribution in [2.75, 3.05) is 0 Å². The van der Waals surface area contributed by atoms with Gasteiger partial charge >= 0.3 is 0 Å². The molecule has 1 fully saturated rings. The van der Waals surface area contributed by atoms with Gasteiger partial charge in [0.05, 0.1) is 22.8 Å². The zero-order chi connectivity index (χ0) is 39.3. The molecular formula is C51H52N4O2. The number of nitrogens with zero attached hydrogens (tertiary/aromatic N) is 4. The van der Waals surface area contributed by atoms with Crippen LogP contribution in [0.1, 0.15) is 102 Å². The van der Waals surface area contributed by atoms with Crippen LogP contribution in [0.25, 0.3) is 38.9 Å². The van der Waals surface area contributed by atoms with Crippen molar-refractivity contribution in [1.82, 2.24) is 14.5 Å². The van der Waals surface area contributed by atoms with Crippen LogP contribution >= 0.6 is 0 Å². The fourth-order valence-electron chi connectivity index (χ4n) is 8.69. The summed E-state index contributed by atoms with van der Waals surface area (Å²) in [5, 5.41) is 2.35. The Morgan fingerprint density at radius 3 is 2.12 bits per heavy atom. The predicted octanol–water partition coefficient (Wildman–Crippen LogP) is 13.1. The summed E-state index contributed by atoms with van der Waals surface area (Å²) >= 11 is 0. The van der Waals surface area contributed by atoms with E-state index in [4.69, 9.17) is 24.4 Å². The van der Waals surface area contributed by atoms with E-state index < -0.39 is 0 Å². The van der Waals surface area contributed by atoms with Gasteiger partial charge in [0.1, 0.15) is 23.4 Å². The summed E-state index contributed by atoms with van der Waals surface area (Å²) in [6.07, 6.45) is 9.80. The van der Waals surface area contributed by atoms with Crippen LogP contribution < -0.4 is 4.74 Å². The van der Waals surface area contributed by atoms with Crippen LogP contribution in [0.2, 0.25) is 0 Å². The van der Waals surface area contributed by atoms with Crippen LogP contribution in [0.15, 0.2) is 133 Å². The Labute approximate surface area is 336 Å². The fraction of sp³-hybridized carbons (Fsp3) is 0.314. The minimum atomic E-state index is -0.124. The first-order chi connectivity index (χ1) is 27.5. The maximum atomic E-state index is 6.88. The number of hydrogen-bond acceptors (Lipinski definition) is 5. The number of aliphatic imine (C=N–C) groups is 1. The van der Waals surface area contributed by atoms with Crippen molar-refractivity contribution in [2.45, 2.75) is 96.6 Å². The lowest BCUT2D eigenvalue weighted by molar-refractivity contribution is 0.150. The topological polar surface area (TPSA) is 61.5 Å². The van der Waals surface area contributed by atoms with E-state index in [-0.39, 0.29) is 23.0 Å². The summed E-state index contributed by atoms with van der Waals surface area (Å²) in [5.41, 5.74) is 8.54. The molecule has 0 unspecified atom stereocenters. The van der Waals surface area contributed by atoms with Crippen molar-refractivity contribution in [3.63, 3.8) is 0 Å². The molecule has 7 aromatic rings. The van der Waals surface area contributed by atoms with E-state index in [1.54, 1.807) is 0 Å². The lowest BCUT2D eigenvalue weighted by Crippen LogP contribution is -2.25. The average Bonchev–Trinajstić information content (AvgIpc) is 3.81. The van der Waals surface area contributed by atoms with Gasteiger partial charge < -0.3 is 9.47 Å². The van der Waals surface area contributed by atoms with Crippen molar-refractivity contribution in [3.8, 4) is 28.6 Å². The maximum Gasteiger partial charge on any atom is 0.217 e. The molecule has 9 rings (SSSR count). The molecule has 0 N–H and O–H groups in total. The Balaban J connectivity index is 1.16. The van der Waals surface area contributed by atoms with Crippen LogP contribution in [0.5, 0.6) is 11.5 Å². The number of benzene rings is 4. The summed E-state index contributed by atoms with van der Waals surface area (Å²) in [7, 11) is 0. The van der Waals surface area contributed by atoms with Crippen molar-refractivity contribution >= 4 is 27.7 Å². The smallest absolute Gasteiger partial charge is 0.217 e. The molecule has 0 radical (unpaired) electrons. The van der Waals surface area contributed by atoms with E-state index in [2.05, 4.69) is 143 Å². The van der Waals surface area contributed by atoms with Gasteiger partial charge in [0.2, 0.25) is 5.90 Å². The standard InChI is InChI=1S/C51H52N4O2/c1-50(2,3)37-20-23-44-42(30-37)41-22-21-39(32-45(41)55(44)46-31-38(24-26-53-46)51(4,5)6)56-40-28-35(43-19-13-14-25-52-43)27-36(29-40)49-54-47(33-15-9-7-10-16-33)48(57-49)34-17-11-8-12-18-34/h8,11-14,17-33,47-48H,7,9-10,15-16H2,1-6H3/t47-,48+/m1/s1. The monoisotopic (exact) mass is 752 g/mol. The molecule has 4 heterocycles. The second-order valence-corrected chi connectivity index (χ2v) is 18.0. The molecule has 57 heavy (non-hydrogen) atoms. The largest absolute Gasteiger partial charge is 0.467 e. The highest BCUT2D eigenvalue weighted by atomic mass is 16.5. The van der Waals surface area contributed by atoms with Gasteiger partial charge in [-0.15, -0.1) is 0 Å². The first-order valence-corrected chi connectivity index (χ1v) is 20.6. The fourth-order valence-corrected chi connectivity index (χ4v) is 8.69. The first kappa shape index (κ1) is 36.9. The second-order valence-electron chi connectivity index (χ2n) is 18.0. The molecule has 288 valence electrons. The second kappa shape index (κ2) is 14.6. The van der Waals surface area contributed by atoms with E-state index in [9.17, 15) is 0 Å². The molecule has 0 bridgehead atoms. The van der Waals surface area contributed by atoms with Crippen LogP contribution in [0, 0.1) is 5.92 Å². The quantitative estimate of drug-likeness (QED) is 0.163. The molecule has 2 atom stereocenters. The summed E-state index contributed by atoms with van der Waals surface area (Å²) < 4.78 is 16.0. The van der Waals surface area contributed by atoms with Gasteiger partial charge in [-0.1, -0.05) is 103 Å². The lowest BCUT2D eigenvalue weighted by atomic mass is 9.81. The van der Waals surface area contributed by atoms with E-state index in [1.165, 1.54) is 54.2 Å². The maximum absolute atomic E-state index is 6.88. The summed E-state index contributed by atoms with van der Waals surface area (Å²) in [4.78, 5) is 15.1. The van der Waals surface area contributed by atoms with Crippen molar-refractivity contribution in [3.05, 3.63) is 150 Å². The van der Waals surface area contributed by atoms with Gasteiger partial charge in [-0.25, -0.2) is 9.98 Å². The summed E-state index contributed by atoms with van der Waals surface area (Å²) in [6.45, 7) is 13.5. The van der Waals surface area contributed by atoms with Gasteiger partial charge in [0.15, 0.2) is 0 Å². The number of aromatic nitrogens is 3. The number of ether oxygens (including phenoxy) is 2. The van der Waals surface area contributed by atoms with Gasteiger partial charge in [-0.3, -0.25) is 9.55 Å². The summed E-state index contributed by atoms with van der Waals surface area (Å²) in [6, 6.07) is 40.5. The zero-order valence-electron chi connectivity index (χ0n) is 34.0. The van der Waals surface area contributed by atoms with E-state index in [0.717, 1.165) is 44.8 Å². The highest BCUT2D eigenvalue weighted by Crippen LogP contribution is 2.42. The van der Waals surface area contributed by atoms with Gasteiger partial charge in [-0.2, -0.15) is 0 Å². The number of fused-ring (bicyclic) bond motifs is 3. The van der Waals surface area contributed by atoms with Crippen LogP contribution in [-0.4, -0.2) is 26.5 Å². The molecule has 1 aliphatic carbocycles. The van der Waals surface area contributed by atoms with E-state index >= 15 is 0 Å². The minimum absolute atomic E-state index is 0.0112. The SMILES string of the molecule is CC(C)(C)c1ccnc(-n2c3ccc(C(C)(C)C)cc3c3ccc(Oc4cc(C5=N[C@H](C6CCCCC6)[C@H](c6ccccc6)O5)cc(-c5ccccn5)c4)cc32)c1. The predicted molar refractivity (Wildman–Crippen MR) is 233 cm³/mol. The molecule has 1 saturated carbocycles. The van der Waals surface area contributed by atoms with Crippen LogP contribution in [-0.2, 0) is 15.6 Å². The van der Waals surface area contributed by atoms with Gasteiger partial charge in [0, 0.05) is 40.4 Å². The van der Waals surface area contributed by atoms with Crippen LogP contribution in [0.3, 0.4) is 0 Å². The van der Waals surface area contributed by atoms with Gasteiger partial charge in [-0.05, 0) is 113 Å². The lowest BCUT2D eigenvalue weighted by Gasteiger charge is -2.28. The Morgan fingerprint density at radius 2 is 1.37 bits per heavy atom. The van der Waals surface area contributed by atoms with E-state index in [0.29, 0.717) is 17.6 Å². The first-order valence-electron chi connectivity index (χ1n) is 20.6. The average molecular weight is 753 g/mol. The number of pyridine rings is 2. The number of rotatable bonds is 7. The molecule has 6 nitrogen and oxygen atoms in total. The number of hydrogen-bond donors (Lipinski definition) is 0. The Morgan fingerprint density at radius 1 is 0.614 bits per heavy atom. The molecule has 2 aliphatic rings. The van der Waals surface area contributed by atoms with Crippen LogP contribution in [0.4, 0.5) is 0 Å². The van der Waals surface area contributed by atoms with Crippen molar-refractivity contribution < 1.29 is 9.47 Å². The molecular weight excluding hydrogens is 701 g/mol. The molecule has 0 amide bonds. The van der Waals surface area contributed by atoms with E-state index in [1.807, 2.05) is 30.6 Å². The highest BCUT2D eigenvalue weighted by Gasteiger charge is 2.39. The molecule has 0 spiro atoms. The third-order valence-corrected chi connectivity index (χ3v) is 11.9. The third kappa shape index (κ3) is 7.34. The molecule has 3 aromatic heterocycles. The summed E-state index contributed by atoms with van der Waals surface area (Å²) in [5.74, 6) is 3.47. The highest BCUT2D eigenvalue weighted by molar-refractivity contribution is 6.10. The molecule has 6 heteroatoms. The Hall–Kier alpha value is -5.75. The normalized spacial score (nSPS) is 17.8. The Kier molecular flexibility index (Phi) is 9.47. The molecule has 4 aromatic carbocycles. The van der Waals surface area contributed by atoms with Gasteiger partial charge in [0.25, 0.3) is 0 Å². The Bertz CT molecular complexity index is 2590. The third-order valence-electron chi connectivity index (χ3n) is 11.9. The molecule has 0 saturated heterocycles. The van der Waals surface area contributed by atoms with Crippen molar-refractivity contribution in [2.24, 2.45) is 10.9 Å². The minimum Gasteiger partial charge on any atom is -0.467 e. The molecule has 1 aliphatic heterocycles. The zero-order valence-corrected chi connectivity index (χ0v) is 34.0.